The quantitative estimate of drug-likeness (QED) is 0.554. The van der Waals surface area contributed by atoms with Crippen molar-refractivity contribution >= 4 is 15.9 Å². The van der Waals surface area contributed by atoms with E-state index >= 15 is 0 Å². The minimum atomic E-state index is -4.14. The second-order valence-electron chi connectivity index (χ2n) is 12.0. The Kier molecular flexibility index (Phi) is 8.27. The number of rotatable bonds is 3. The first kappa shape index (κ1) is 29.4. The number of hydrogen-bond acceptors (Lipinski definition) is 7. The summed E-state index contributed by atoms with van der Waals surface area (Å²) in [5.74, 6) is -1.69. The van der Waals surface area contributed by atoms with E-state index < -0.39 is 45.2 Å². The Bertz CT molecular complexity index is 1430. The molecule has 12 heteroatoms. The second-order valence-corrected chi connectivity index (χ2v) is 13.8. The maximum absolute atomic E-state index is 13.9. The Balaban J connectivity index is 1.26. The van der Waals surface area contributed by atoms with E-state index in [2.05, 4.69) is 10.2 Å². The van der Waals surface area contributed by atoms with Crippen LogP contribution in [0.2, 0.25) is 0 Å². The van der Waals surface area contributed by atoms with Gasteiger partial charge in [-0.15, -0.1) is 0 Å². The van der Waals surface area contributed by atoms with Crippen LogP contribution in [0.3, 0.4) is 0 Å². The molecule has 4 heterocycles. The van der Waals surface area contributed by atoms with Gasteiger partial charge in [0.05, 0.1) is 12.7 Å². The Morgan fingerprint density at radius 3 is 2.50 bits per heavy atom. The standard InChI is InChI=1S/C30H37F2N3O6S/c31-24-3-1-20(15-25(24)32)18-34-10-7-30(8-11-34)9-14-41-27-16-22(21-5-12-40-13-6-21)2-4-28(27)42(38,39)35-19-23(36)17-26(35)29(37)33-30/h1-4,15-16,21,23,26,36H,5-14,17-19H2,(H,33,37)/t23-,26+/m1/s1. The number of nitrogens with one attached hydrogen (secondary N) is 1. The fourth-order valence-corrected chi connectivity index (χ4v) is 8.47. The molecule has 6 rings (SSSR count). The molecule has 0 radical (unpaired) electrons. The summed E-state index contributed by atoms with van der Waals surface area (Å²) in [4.78, 5) is 15.8. The lowest BCUT2D eigenvalue weighted by molar-refractivity contribution is -0.127. The van der Waals surface area contributed by atoms with E-state index in [9.17, 15) is 27.1 Å². The third-order valence-electron chi connectivity index (χ3n) is 9.21. The van der Waals surface area contributed by atoms with Crippen molar-refractivity contribution in [1.82, 2.24) is 14.5 Å². The molecule has 0 aromatic heterocycles. The van der Waals surface area contributed by atoms with Crippen LogP contribution in [0, 0.1) is 11.6 Å². The lowest BCUT2D eigenvalue weighted by Gasteiger charge is -2.43. The first-order valence-electron chi connectivity index (χ1n) is 14.7. The minimum absolute atomic E-state index is 0.00232. The van der Waals surface area contributed by atoms with Gasteiger partial charge in [-0.1, -0.05) is 12.1 Å². The zero-order chi connectivity index (χ0) is 29.5. The first-order valence-corrected chi connectivity index (χ1v) is 16.1. The van der Waals surface area contributed by atoms with Gasteiger partial charge in [-0.25, -0.2) is 17.2 Å². The predicted octanol–water partition coefficient (Wildman–Crippen LogP) is 2.92. The van der Waals surface area contributed by atoms with Crippen molar-refractivity contribution in [3.8, 4) is 5.75 Å². The highest BCUT2D eigenvalue weighted by Crippen LogP contribution is 2.38. The van der Waals surface area contributed by atoms with Gasteiger partial charge in [-0.05, 0) is 67.0 Å². The molecule has 0 bridgehead atoms. The van der Waals surface area contributed by atoms with Crippen molar-refractivity contribution in [2.24, 2.45) is 0 Å². The average Bonchev–Trinajstić information content (AvgIpc) is 3.39. The number of hydrogen-bond donors (Lipinski definition) is 2. The number of carbonyl (C=O) groups excluding carboxylic acids is 1. The molecule has 4 aliphatic heterocycles. The summed E-state index contributed by atoms with van der Waals surface area (Å²) in [6, 6.07) is 8.06. The number of fused-ring (bicyclic) bond motifs is 2. The van der Waals surface area contributed by atoms with E-state index in [4.69, 9.17) is 9.47 Å². The topological polar surface area (TPSA) is 108 Å². The van der Waals surface area contributed by atoms with Gasteiger partial charge >= 0.3 is 0 Å². The molecule has 1 amide bonds. The lowest BCUT2D eigenvalue weighted by atomic mass is 9.84. The van der Waals surface area contributed by atoms with Gasteiger partial charge in [0.15, 0.2) is 11.6 Å². The molecule has 2 N–H and O–H groups in total. The number of sulfonamides is 1. The van der Waals surface area contributed by atoms with E-state index in [0.29, 0.717) is 57.7 Å². The number of benzene rings is 2. The van der Waals surface area contributed by atoms with Crippen LogP contribution in [0.5, 0.6) is 5.75 Å². The molecule has 0 unspecified atom stereocenters. The summed E-state index contributed by atoms with van der Waals surface area (Å²) in [6.45, 7) is 2.97. The normalized spacial score (nSPS) is 27.0. The summed E-state index contributed by atoms with van der Waals surface area (Å²) < 4.78 is 67.8. The zero-order valence-corrected chi connectivity index (χ0v) is 24.3. The molecule has 42 heavy (non-hydrogen) atoms. The highest BCUT2D eigenvalue weighted by Gasteiger charge is 2.47. The van der Waals surface area contributed by atoms with E-state index in [0.717, 1.165) is 28.8 Å². The van der Waals surface area contributed by atoms with Crippen LogP contribution in [0.4, 0.5) is 8.78 Å². The van der Waals surface area contributed by atoms with Gasteiger partial charge in [0.25, 0.3) is 0 Å². The molecular formula is C30H37F2N3O6S. The molecule has 2 atom stereocenters. The molecule has 2 aromatic rings. The van der Waals surface area contributed by atoms with E-state index in [-0.39, 0.29) is 36.1 Å². The monoisotopic (exact) mass is 605 g/mol. The summed E-state index contributed by atoms with van der Waals surface area (Å²) in [7, 11) is -4.14. The van der Waals surface area contributed by atoms with Crippen molar-refractivity contribution < 1.29 is 36.6 Å². The van der Waals surface area contributed by atoms with E-state index in [1.165, 1.54) is 6.07 Å². The maximum Gasteiger partial charge on any atom is 0.247 e. The van der Waals surface area contributed by atoms with Gasteiger partial charge in [-0.2, -0.15) is 4.31 Å². The van der Waals surface area contributed by atoms with E-state index in [1.54, 1.807) is 12.1 Å². The molecule has 1 spiro atoms. The first-order chi connectivity index (χ1) is 20.1. The number of aliphatic hydroxyl groups excluding tert-OH is 1. The number of halogens is 2. The van der Waals surface area contributed by atoms with Crippen LogP contribution in [-0.2, 0) is 26.1 Å². The third-order valence-corrected chi connectivity index (χ3v) is 11.1. The fourth-order valence-electron chi connectivity index (χ4n) is 6.72. The third kappa shape index (κ3) is 5.92. The van der Waals surface area contributed by atoms with Crippen LogP contribution in [0.1, 0.15) is 55.6 Å². The smallest absolute Gasteiger partial charge is 0.247 e. The molecule has 9 nitrogen and oxygen atoms in total. The van der Waals surface area contributed by atoms with Crippen molar-refractivity contribution in [3.63, 3.8) is 0 Å². The summed E-state index contributed by atoms with van der Waals surface area (Å²) >= 11 is 0. The molecule has 228 valence electrons. The lowest BCUT2D eigenvalue weighted by Crippen LogP contribution is -2.59. The van der Waals surface area contributed by atoms with Crippen molar-refractivity contribution in [2.45, 2.75) is 73.6 Å². The van der Waals surface area contributed by atoms with Crippen LogP contribution < -0.4 is 10.1 Å². The van der Waals surface area contributed by atoms with E-state index in [1.807, 2.05) is 12.1 Å². The summed E-state index contributed by atoms with van der Waals surface area (Å²) in [5.41, 5.74) is 1.01. The number of likely N-dealkylation sites (tertiary alicyclic amines) is 1. The summed E-state index contributed by atoms with van der Waals surface area (Å²) in [6.07, 6.45) is 2.35. The van der Waals surface area contributed by atoms with Gasteiger partial charge in [0.2, 0.25) is 15.9 Å². The number of piperidine rings is 1. The van der Waals surface area contributed by atoms with Crippen LogP contribution in [0.15, 0.2) is 41.3 Å². The largest absolute Gasteiger partial charge is 0.492 e. The maximum atomic E-state index is 13.9. The number of aliphatic hydroxyl groups is 1. The molecule has 2 aromatic carbocycles. The molecular weight excluding hydrogens is 568 g/mol. The molecule has 4 aliphatic rings. The predicted molar refractivity (Wildman–Crippen MR) is 149 cm³/mol. The van der Waals surface area contributed by atoms with Crippen LogP contribution in [0.25, 0.3) is 0 Å². The molecule has 0 saturated carbocycles. The average molecular weight is 606 g/mol. The van der Waals surface area contributed by atoms with Crippen LogP contribution in [-0.4, -0.2) is 85.8 Å². The second kappa shape index (κ2) is 11.8. The Morgan fingerprint density at radius 1 is 1.00 bits per heavy atom. The molecule has 3 saturated heterocycles. The number of carbonyl (C=O) groups is 1. The Hall–Kier alpha value is -2.64. The highest BCUT2D eigenvalue weighted by atomic mass is 32.2. The van der Waals surface area contributed by atoms with Gasteiger partial charge < -0.3 is 19.9 Å². The number of nitrogens with zero attached hydrogens (tertiary/aromatic N) is 2. The van der Waals surface area contributed by atoms with Gasteiger partial charge in [0, 0.05) is 57.8 Å². The molecule has 0 aliphatic carbocycles. The van der Waals surface area contributed by atoms with Gasteiger partial charge in [0.1, 0.15) is 16.7 Å². The van der Waals surface area contributed by atoms with Crippen molar-refractivity contribution in [1.29, 1.82) is 0 Å². The summed E-state index contributed by atoms with van der Waals surface area (Å²) in [5, 5.41) is 13.6. The van der Waals surface area contributed by atoms with Crippen molar-refractivity contribution in [2.75, 3.05) is 39.5 Å². The number of amides is 1. The minimum Gasteiger partial charge on any atom is -0.492 e. The molecule has 3 fully saturated rings. The Morgan fingerprint density at radius 2 is 1.76 bits per heavy atom. The fraction of sp³-hybridized carbons (Fsp3) is 0.567. The van der Waals surface area contributed by atoms with Crippen molar-refractivity contribution in [3.05, 3.63) is 59.2 Å². The van der Waals surface area contributed by atoms with Gasteiger partial charge in [-0.3, -0.25) is 9.69 Å². The SMILES string of the molecule is O=C1NC2(CCOc3cc(C4CCOCC4)ccc3S(=O)(=O)N3C[C@H](O)C[C@@H]13)CCN(Cc1ccc(F)c(F)c1)CC2. The Labute approximate surface area is 244 Å². The number of ether oxygens (including phenoxy) is 2. The van der Waals surface area contributed by atoms with Crippen LogP contribution >= 0.6 is 0 Å². The zero-order valence-electron chi connectivity index (χ0n) is 23.4. The highest BCUT2D eigenvalue weighted by molar-refractivity contribution is 7.89.